The highest BCUT2D eigenvalue weighted by atomic mass is 79.9. The van der Waals surface area contributed by atoms with Crippen molar-refractivity contribution in [3.8, 4) is 0 Å². The van der Waals surface area contributed by atoms with Crippen LogP contribution in [0.5, 0.6) is 0 Å². The molecule has 0 bridgehead atoms. The topological polar surface area (TPSA) is 16.1 Å². The van der Waals surface area contributed by atoms with Crippen molar-refractivity contribution in [2.24, 2.45) is 0 Å². The molecule has 1 aromatic heterocycles. The molecule has 0 atom stereocenters. The zero-order valence-corrected chi connectivity index (χ0v) is 14.1. The highest BCUT2D eigenvalue weighted by Crippen LogP contribution is 2.23. The van der Waals surface area contributed by atoms with Gasteiger partial charge in [-0.3, -0.25) is 4.90 Å². The molecule has 4 heteroatoms. The molecule has 0 radical (unpaired) electrons. The summed E-state index contributed by atoms with van der Waals surface area (Å²) in [7, 11) is 0. The average molecular weight is 361 g/mol. The lowest BCUT2D eigenvalue weighted by Crippen LogP contribution is -2.24. The maximum atomic E-state index is 4.74. The summed E-state index contributed by atoms with van der Waals surface area (Å²) >= 11 is 5.35. The standard InChI is InChI=1S/C17H17BrN2S/c18-10-11-20(12-14-6-2-1-3-7-14)13-17-19-15-8-4-5-9-16(15)21-17/h1-9H,10-13H2. The quantitative estimate of drug-likeness (QED) is 0.592. The molecule has 1 heterocycles. The summed E-state index contributed by atoms with van der Waals surface area (Å²) in [5.74, 6) is 0. The molecule has 2 nitrogen and oxygen atoms in total. The second-order valence-electron chi connectivity index (χ2n) is 4.96. The van der Waals surface area contributed by atoms with Crippen molar-refractivity contribution in [1.29, 1.82) is 0 Å². The van der Waals surface area contributed by atoms with Crippen molar-refractivity contribution in [3.05, 3.63) is 65.2 Å². The number of benzene rings is 2. The number of fused-ring (bicyclic) bond motifs is 1. The zero-order valence-electron chi connectivity index (χ0n) is 11.7. The van der Waals surface area contributed by atoms with E-state index in [0.717, 1.165) is 30.5 Å². The fourth-order valence-electron chi connectivity index (χ4n) is 2.35. The molecule has 0 saturated carbocycles. The molecule has 0 amide bonds. The lowest BCUT2D eigenvalue weighted by molar-refractivity contribution is 0.274. The Hall–Kier alpha value is -1.23. The number of nitrogens with zero attached hydrogens (tertiary/aromatic N) is 2. The Labute approximate surface area is 137 Å². The minimum absolute atomic E-state index is 0.903. The molecule has 0 spiro atoms. The summed E-state index contributed by atoms with van der Waals surface area (Å²) < 4.78 is 1.27. The predicted molar refractivity (Wildman–Crippen MR) is 94.0 cm³/mol. The number of halogens is 1. The van der Waals surface area contributed by atoms with Gasteiger partial charge in [0.1, 0.15) is 5.01 Å². The highest BCUT2D eigenvalue weighted by molar-refractivity contribution is 9.09. The Morgan fingerprint density at radius 3 is 2.48 bits per heavy atom. The summed E-state index contributed by atoms with van der Waals surface area (Å²) in [5, 5.41) is 2.16. The van der Waals surface area contributed by atoms with E-state index >= 15 is 0 Å². The molecular weight excluding hydrogens is 344 g/mol. The monoisotopic (exact) mass is 360 g/mol. The van der Waals surface area contributed by atoms with Gasteiger partial charge in [-0.05, 0) is 17.7 Å². The molecule has 0 aliphatic heterocycles. The highest BCUT2D eigenvalue weighted by Gasteiger charge is 2.10. The maximum Gasteiger partial charge on any atom is 0.108 e. The van der Waals surface area contributed by atoms with E-state index in [4.69, 9.17) is 4.98 Å². The molecule has 0 fully saturated rings. The molecule has 0 aliphatic carbocycles. The van der Waals surface area contributed by atoms with E-state index in [1.54, 1.807) is 11.3 Å². The van der Waals surface area contributed by atoms with E-state index in [1.807, 2.05) is 6.07 Å². The number of hydrogen-bond acceptors (Lipinski definition) is 3. The summed E-state index contributed by atoms with van der Waals surface area (Å²) in [6, 6.07) is 19.0. The van der Waals surface area contributed by atoms with Crippen LogP contribution in [0.4, 0.5) is 0 Å². The molecule has 2 aromatic carbocycles. The van der Waals surface area contributed by atoms with Gasteiger partial charge in [0, 0.05) is 18.4 Å². The smallest absolute Gasteiger partial charge is 0.108 e. The van der Waals surface area contributed by atoms with E-state index < -0.39 is 0 Å². The number of rotatable bonds is 6. The summed E-state index contributed by atoms with van der Waals surface area (Å²) in [5.41, 5.74) is 2.45. The van der Waals surface area contributed by atoms with Gasteiger partial charge in [-0.15, -0.1) is 11.3 Å². The van der Waals surface area contributed by atoms with Crippen molar-refractivity contribution in [2.75, 3.05) is 11.9 Å². The maximum absolute atomic E-state index is 4.74. The minimum Gasteiger partial charge on any atom is -0.292 e. The van der Waals surface area contributed by atoms with E-state index in [0.29, 0.717) is 0 Å². The molecule has 0 aliphatic rings. The Bertz CT molecular complexity index is 663. The van der Waals surface area contributed by atoms with Crippen LogP contribution < -0.4 is 0 Å². The third-order valence-electron chi connectivity index (χ3n) is 3.35. The normalized spacial score (nSPS) is 11.3. The fraction of sp³-hybridized carbons (Fsp3) is 0.235. The summed E-state index contributed by atoms with van der Waals surface area (Å²) in [6.45, 7) is 2.88. The summed E-state index contributed by atoms with van der Waals surface area (Å²) in [6.07, 6.45) is 0. The van der Waals surface area contributed by atoms with Crippen molar-refractivity contribution in [1.82, 2.24) is 9.88 Å². The Balaban J connectivity index is 1.75. The third kappa shape index (κ3) is 3.90. The molecule has 3 rings (SSSR count). The molecule has 3 aromatic rings. The van der Waals surface area contributed by atoms with Gasteiger partial charge in [0.2, 0.25) is 0 Å². The van der Waals surface area contributed by atoms with Gasteiger partial charge in [0.15, 0.2) is 0 Å². The average Bonchev–Trinajstić information content (AvgIpc) is 2.90. The number of alkyl halides is 1. The van der Waals surface area contributed by atoms with Gasteiger partial charge >= 0.3 is 0 Å². The van der Waals surface area contributed by atoms with Crippen LogP contribution in [0, 0.1) is 0 Å². The first-order valence-corrected chi connectivity index (χ1v) is 8.95. The second-order valence-corrected chi connectivity index (χ2v) is 6.87. The van der Waals surface area contributed by atoms with Crippen molar-refractivity contribution >= 4 is 37.5 Å². The van der Waals surface area contributed by atoms with Crippen LogP contribution in [-0.2, 0) is 13.1 Å². The third-order valence-corrected chi connectivity index (χ3v) is 4.72. The largest absolute Gasteiger partial charge is 0.292 e. The predicted octanol–water partition coefficient (Wildman–Crippen LogP) is 4.69. The lowest BCUT2D eigenvalue weighted by Gasteiger charge is -2.20. The first-order chi connectivity index (χ1) is 10.3. The van der Waals surface area contributed by atoms with E-state index in [2.05, 4.69) is 69.4 Å². The van der Waals surface area contributed by atoms with E-state index in [9.17, 15) is 0 Å². The van der Waals surface area contributed by atoms with Crippen LogP contribution in [0.2, 0.25) is 0 Å². The van der Waals surface area contributed by atoms with Crippen molar-refractivity contribution < 1.29 is 0 Å². The van der Waals surface area contributed by atoms with Gasteiger partial charge in [-0.2, -0.15) is 0 Å². The lowest BCUT2D eigenvalue weighted by atomic mass is 10.2. The first kappa shape index (κ1) is 14.7. The molecular formula is C17H17BrN2S. The molecule has 21 heavy (non-hydrogen) atoms. The number of hydrogen-bond donors (Lipinski definition) is 0. The zero-order chi connectivity index (χ0) is 14.5. The second kappa shape index (κ2) is 7.16. The van der Waals surface area contributed by atoms with Crippen LogP contribution in [0.15, 0.2) is 54.6 Å². The number of para-hydroxylation sites is 1. The Morgan fingerprint density at radius 1 is 0.952 bits per heavy atom. The van der Waals surface area contributed by atoms with Crippen molar-refractivity contribution in [2.45, 2.75) is 13.1 Å². The SMILES string of the molecule is BrCCN(Cc1ccccc1)Cc1nc2ccccc2s1. The fourth-order valence-corrected chi connectivity index (χ4v) is 3.87. The van der Waals surface area contributed by atoms with Gasteiger partial charge in [0.25, 0.3) is 0 Å². The van der Waals surface area contributed by atoms with Crippen LogP contribution >= 0.6 is 27.3 Å². The van der Waals surface area contributed by atoms with Crippen LogP contribution in [0.1, 0.15) is 10.6 Å². The van der Waals surface area contributed by atoms with Gasteiger partial charge in [-0.1, -0.05) is 58.4 Å². The van der Waals surface area contributed by atoms with E-state index in [1.165, 1.54) is 15.3 Å². The molecule has 0 saturated heterocycles. The van der Waals surface area contributed by atoms with E-state index in [-0.39, 0.29) is 0 Å². The summed E-state index contributed by atoms with van der Waals surface area (Å²) in [4.78, 5) is 7.17. The Kier molecular flexibility index (Phi) is 5.01. The first-order valence-electron chi connectivity index (χ1n) is 7.02. The van der Waals surface area contributed by atoms with Crippen LogP contribution in [0.3, 0.4) is 0 Å². The molecule has 0 N–H and O–H groups in total. The molecule has 108 valence electrons. The molecule has 0 unspecified atom stereocenters. The van der Waals surface area contributed by atoms with Crippen molar-refractivity contribution in [3.63, 3.8) is 0 Å². The number of thiazole rings is 1. The van der Waals surface area contributed by atoms with Crippen LogP contribution in [0.25, 0.3) is 10.2 Å². The Morgan fingerprint density at radius 2 is 1.71 bits per heavy atom. The number of aromatic nitrogens is 1. The van der Waals surface area contributed by atoms with Crippen LogP contribution in [-0.4, -0.2) is 21.8 Å². The minimum atomic E-state index is 0.903. The van der Waals surface area contributed by atoms with Gasteiger partial charge in [0.05, 0.1) is 16.8 Å². The van der Waals surface area contributed by atoms with Gasteiger partial charge < -0.3 is 0 Å². The van der Waals surface area contributed by atoms with Gasteiger partial charge in [-0.25, -0.2) is 4.98 Å².